The van der Waals surface area contributed by atoms with Crippen LogP contribution in [0.4, 0.5) is 5.69 Å². The van der Waals surface area contributed by atoms with Crippen molar-refractivity contribution in [3.8, 4) is 0 Å². The number of carbonyl (C=O) groups excluding carboxylic acids is 1. The lowest BCUT2D eigenvalue weighted by Crippen LogP contribution is -2.29. The van der Waals surface area contributed by atoms with Gasteiger partial charge in [-0.15, -0.1) is 0 Å². The Balaban J connectivity index is 1.55. The summed E-state index contributed by atoms with van der Waals surface area (Å²) < 4.78 is 2.97. The first kappa shape index (κ1) is 16.9. The van der Waals surface area contributed by atoms with Crippen LogP contribution in [0.25, 0.3) is 21.8 Å². The van der Waals surface area contributed by atoms with Crippen LogP contribution in [-0.2, 0) is 11.3 Å². The van der Waals surface area contributed by atoms with Gasteiger partial charge in [0.05, 0.1) is 29.7 Å². The molecular weight excluding hydrogens is 344 g/mol. The van der Waals surface area contributed by atoms with E-state index < -0.39 is 0 Å². The van der Waals surface area contributed by atoms with Gasteiger partial charge in [-0.05, 0) is 26.0 Å². The van der Waals surface area contributed by atoms with Crippen molar-refractivity contribution in [1.82, 2.24) is 24.5 Å². The first-order valence-corrected chi connectivity index (χ1v) is 8.61. The van der Waals surface area contributed by atoms with Crippen LogP contribution in [0.2, 0.25) is 0 Å². The molecule has 0 radical (unpaired) electrons. The predicted octanol–water partition coefficient (Wildman–Crippen LogP) is 2.36. The molecule has 0 unspecified atom stereocenters. The number of carbonyl (C=O) groups is 1. The molecule has 27 heavy (non-hydrogen) atoms. The van der Waals surface area contributed by atoms with Gasteiger partial charge >= 0.3 is 0 Å². The summed E-state index contributed by atoms with van der Waals surface area (Å²) in [6, 6.07) is 9.16. The van der Waals surface area contributed by atoms with Crippen molar-refractivity contribution in [2.75, 3.05) is 5.32 Å². The minimum absolute atomic E-state index is 0.174. The van der Waals surface area contributed by atoms with Crippen molar-refractivity contribution < 1.29 is 4.79 Å². The second-order valence-electron chi connectivity index (χ2n) is 6.56. The van der Waals surface area contributed by atoms with Crippen LogP contribution in [0.15, 0.2) is 53.7 Å². The SMILES string of the molecule is CC(C)n1ncc2cc(NC(=O)Cn3ncc4ccccc4c3=O)cnc21. The standard InChI is InChI=1S/C19H18N6O2/c1-12(2)25-18-14(9-22-25)7-15(10-20-18)23-17(26)11-24-19(27)16-6-4-3-5-13(16)8-21-24/h3-10,12H,11H2,1-2H3,(H,23,26). The van der Waals surface area contributed by atoms with Crippen LogP contribution in [-0.4, -0.2) is 30.5 Å². The summed E-state index contributed by atoms with van der Waals surface area (Å²) in [6.45, 7) is 3.88. The van der Waals surface area contributed by atoms with Crippen LogP contribution in [0.3, 0.4) is 0 Å². The van der Waals surface area contributed by atoms with Crippen LogP contribution in [0.1, 0.15) is 19.9 Å². The molecule has 136 valence electrons. The third kappa shape index (κ3) is 3.17. The smallest absolute Gasteiger partial charge is 0.275 e. The van der Waals surface area contributed by atoms with Crippen molar-refractivity contribution >= 4 is 33.4 Å². The summed E-state index contributed by atoms with van der Waals surface area (Å²) in [7, 11) is 0. The normalized spacial score (nSPS) is 11.4. The van der Waals surface area contributed by atoms with Gasteiger partial charge in [-0.1, -0.05) is 18.2 Å². The molecule has 1 N–H and O–H groups in total. The number of rotatable bonds is 4. The zero-order valence-corrected chi connectivity index (χ0v) is 15.0. The lowest BCUT2D eigenvalue weighted by atomic mass is 10.2. The monoisotopic (exact) mass is 362 g/mol. The average Bonchev–Trinajstić information content (AvgIpc) is 3.08. The van der Waals surface area contributed by atoms with E-state index in [-0.39, 0.29) is 24.1 Å². The minimum atomic E-state index is -0.350. The van der Waals surface area contributed by atoms with E-state index in [9.17, 15) is 9.59 Å². The number of hydrogen-bond donors (Lipinski definition) is 1. The molecule has 0 atom stereocenters. The van der Waals surface area contributed by atoms with Gasteiger partial charge < -0.3 is 5.32 Å². The molecule has 0 bridgehead atoms. The van der Waals surface area contributed by atoms with Gasteiger partial charge in [0.2, 0.25) is 5.91 Å². The van der Waals surface area contributed by atoms with Gasteiger partial charge in [-0.25, -0.2) is 14.3 Å². The Morgan fingerprint density at radius 2 is 1.89 bits per heavy atom. The largest absolute Gasteiger partial charge is 0.323 e. The maximum Gasteiger partial charge on any atom is 0.275 e. The molecule has 4 aromatic rings. The van der Waals surface area contributed by atoms with Crippen LogP contribution < -0.4 is 10.9 Å². The van der Waals surface area contributed by atoms with Gasteiger partial charge in [-0.2, -0.15) is 10.2 Å². The lowest BCUT2D eigenvalue weighted by Gasteiger charge is -2.08. The third-order valence-electron chi connectivity index (χ3n) is 4.26. The van der Waals surface area contributed by atoms with Gasteiger partial charge in [-0.3, -0.25) is 9.59 Å². The number of fused-ring (bicyclic) bond motifs is 2. The zero-order chi connectivity index (χ0) is 19.0. The molecule has 0 aliphatic rings. The van der Waals surface area contributed by atoms with Gasteiger partial charge in [0.1, 0.15) is 6.54 Å². The van der Waals surface area contributed by atoms with Crippen molar-refractivity contribution in [3.05, 3.63) is 59.3 Å². The Morgan fingerprint density at radius 3 is 2.70 bits per heavy atom. The lowest BCUT2D eigenvalue weighted by molar-refractivity contribution is -0.117. The third-order valence-corrected chi connectivity index (χ3v) is 4.26. The first-order chi connectivity index (χ1) is 13.0. The Morgan fingerprint density at radius 1 is 1.11 bits per heavy atom. The summed E-state index contributed by atoms with van der Waals surface area (Å²) in [5.41, 5.74) is 1.01. The Kier molecular flexibility index (Phi) is 4.15. The number of aromatic nitrogens is 5. The summed E-state index contributed by atoms with van der Waals surface area (Å²) in [5.74, 6) is -0.350. The van der Waals surface area contributed by atoms with Crippen molar-refractivity contribution in [2.24, 2.45) is 0 Å². The molecule has 8 nitrogen and oxygen atoms in total. The van der Waals surface area contributed by atoms with Gasteiger partial charge in [0, 0.05) is 16.8 Å². The van der Waals surface area contributed by atoms with Crippen LogP contribution >= 0.6 is 0 Å². The minimum Gasteiger partial charge on any atom is -0.323 e. The molecule has 3 aromatic heterocycles. The molecule has 0 saturated heterocycles. The summed E-state index contributed by atoms with van der Waals surface area (Å²) in [4.78, 5) is 29.2. The van der Waals surface area contributed by atoms with Gasteiger partial charge in [0.25, 0.3) is 5.56 Å². The van der Waals surface area contributed by atoms with E-state index in [4.69, 9.17) is 0 Å². The zero-order valence-electron chi connectivity index (χ0n) is 15.0. The Labute approximate surface area is 154 Å². The van der Waals surface area contributed by atoms with Crippen molar-refractivity contribution in [2.45, 2.75) is 26.4 Å². The van der Waals surface area contributed by atoms with E-state index in [1.807, 2.05) is 36.7 Å². The number of pyridine rings is 1. The molecule has 1 aromatic carbocycles. The second-order valence-corrected chi connectivity index (χ2v) is 6.56. The molecule has 0 aliphatic heterocycles. The Hall–Kier alpha value is -3.55. The molecule has 0 fully saturated rings. The summed E-state index contributed by atoms with van der Waals surface area (Å²) in [6.07, 6.45) is 4.88. The number of hydrogen-bond acceptors (Lipinski definition) is 5. The van der Waals surface area contributed by atoms with Crippen LogP contribution in [0, 0.1) is 0 Å². The van der Waals surface area contributed by atoms with E-state index in [2.05, 4.69) is 20.5 Å². The fraction of sp³-hybridized carbons (Fsp3) is 0.211. The number of amides is 1. The highest BCUT2D eigenvalue weighted by atomic mass is 16.2. The predicted molar refractivity (Wildman–Crippen MR) is 103 cm³/mol. The highest BCUT2D eigenvalue weighted by molar-refractivity contribution is 5.92. The van der Waals surface area contributed by atoms with Gasteiger partial charge in [0.15, 0.2) is 5.65 Å². The molecule has 0 aliphatic carbocycles. The van der Waals surface area contributed by atoms with E-state index in [0.29, 0.717) is 11.1 Å². The second kappa shape index (κ2) is 6.64. The number of nitrogens with zero attached hydrogens (tertiary/aromatic N) is 5. The highest BCUT2D eigenvalue weighted by Crippen LogP contribution is 2.19. The van der Waals surface area contributed by atoms with Crippen LogP contribution in [0.5, 0.6) is 0 Å². The molecule has 0 saturated carbocycles. The molecule has 4 rings (SSSR count). The highest BCUT2D eigenvalue weighted by Gasteiger charge is 2.11. The first-order valence-electron chi connectivity index (χ1n) is 8.61. The quantitative estimate of drug-likeness (QED) is 0.601. The van der Waals surface area contributed by atoms with E-state index in [0.717, 1.165) is 21.1 Å². The number of benzene rings is 1. The van der Waals surface area contributed by atoms with Crippen molar-refractivity contribution in [1.29, 1.82) is 0 Å². The average molecular weight is 362 g/mol. The molecule has 0 spiro atoms. The summed E-state index contributed by atoms with van der Waals surface area (Å²) in [5, 5.41) is 13.3. The maximum absolute atomic E-state index is 12.5. The van der Waals surface area contributed by atoms with E-state index >= 15 is 0 Å². The topological polar surface area (TPSA) is 94.7 Å². The maximum atomic E-state index is 12.5. The molecular formula is C19H18N6O2. The van der Waals surface area contributed by atoms with Crippen molar-refractivity contribution in [3.63, 3.8) is 0 Å². The van der Waals surface area contributed by atoms with E-state index in [1.54, 1.807) is 30.7 Å². The number of nitrogens with one attached hydrogen (secondary N) is 1. The molecule has 1 amide bonds. The number of anilines is 1. The summed E-state index contributed by atoms with van der Waals surface area (Å²) >= 11 is 0. The fourth-order valence-corrected chi connectivity index (χ4v) is 2.96. The van der Waals surface area contributed by atoms with E-state index in [1.165, 1.54) is 0 Å². The fourth-order valence-electron chi connectivity index (χ4n) is 2.96. The Bertz CT molecular complexity index is 1210. The molecule has 3 heterocycles. The molecule has 8 heteroatoms.